The summed E-state index contributed by atoms with van der Waals surface area (Å²) in [4.78, 5) is 8.39. The predicted molar refractivity (Wildman–Crippen MR) is 92.0 cm³/mol. The number of hydrogen-bond acceptors (Lipinski definition) is 5. The summed E-state index contributed by atoms with van der Waals surface area (Å²) < 4.78 is 18.0. The maximum absolute atomic E-state index is 12.9. The molecule has 0 amide bonds. The summed E-state index contributed by atoms with van der Waals surface area (Å²) in [6, 6.07) is 15.7. The third-order valence-electron chi connectivity index (χ3n) is 3.42. The van der Waals surface area contributed by atoms with Gasteiger partial charge in [-0.05, 0) is 42.0 Å². The number of methoxy groups -OCH3 is 1. The van der Waals surface area contributed by atoms with Gasteiger partial charge < -0.3 is 15.4 Å². The highest BCUT2D eigenvalue weighted by Gasteiger charge is 2.01. The lowest BCUT2D eigenvalue weighted by molar-refractivity contribution is 0.415. The number of benzene rings is 2. The van der Waals surface area contributed by atoms with Crippen molar-refractivity contribution in [3.8, 4) is 5.75 Å². The Kier molecular flexibility index (Phi) is 4.86. The zero-order valence-electron chi connectivity index (χ0n) is 13.2. The molecular formula is C18H17FN4O. The molecule has 0 bridgehead atoms. The lowest BCUT2D eigenvalue weighted by atomic mass is 10.2. The number of rotatable bonds is 6. The smallest absolute Gasteiger partial charge is 0.135 e. The molecule has 0 atom stereocenters. The van der Waals surface area contributed by atoms with Crippen molar-refractivity contribution >= 4 is 17.3 Å². The van der Waals surface area contributed by atoms with Gasteiger partial charge in [0.05, 0.1) is 7.11 Å². The van der Waals surface area contributed by atoms with E-state index >= 15 is 0 Å². The second kappa shape index (κ2) is 7.41. The molecule has 1 aromatic heterocycles. The van der Waals surface area contributed by atoms with E-state index < -0.39 is 0 Å². The summed E-state index contributed by atoms with van der Waals surface area (Å²) in [7, 11) is 1.63. The van der Waals surface area contributed by atoms with E-state index in [-0.39, 0.29) is 5.82 Å². The van der Waals surface area contributed by atoms with Crippen LogP contribution in [-0.2, 0) is 6.54 Å². The van der Waals surface area contributed by atoms with Gasteiger partial charge in [0, 0.05) is 18.3 Å². The third-order valence-corrected chi connectivity index (χ3v) is 3.42. The van der Waals surface area contributed by atoms with Crippen LogP contribution in [0.4, 0.5) is 21.7 Å². The first-order valence-corrected chi connectivity index (χ1v) is 7.44. The minimum Gasteiger partial charge on any atom is -0.497 e. The van der Waals surface area contributed by atoms with Gasteiger partial charge in [0.1, 0.15) is 29.5 Å². The van der Waals surface area contributed by atoms with Crippen molar-refractivity contribution in [3.63, 3.8) is 0 Å². The number of anilines is 3. The second-order valence-corrected chi connectivity index (χ2v) is 5.12. The lowest BCUT2D eigenvalue weighted by Gasteiger charge is -2.09. The van der Waals surface area contributed by atoms with Crippen molar-refractivity contribution in [2.24, 2.45) is 0 Å². The number of ether oxygens (including phenoxy) is 1. The molecule has 3 aromatic rings. The van der Waals surface area contributed by atoms with Crippen LogP contribution in [0, 0.1) is 5.82 Å². The zero-order chi connectivity index (χ0) is 16.8. The quantitative estimate of drug-likeness (QED) is 0.718. The van der Waals surface area contributed by atoms with E-state index in [0.29, 0.717) is 18.2 Å². The van der Waals surface area contributed by atoms with Gasteiger partial charge in [0.15, 0.2) is 0 Å². The highest BCUT2D eigenvalue weighted by molar-refractivity contribution is 5.59. The van der Waals surface area contributed by atoms with Gasteiger partial charge >= 0.3 is 0 Å². The van der Waals surface area contributed by atoms with Crippen molar-refractivity contribution in [1.82, 2.24) is 9.97 Å². The Bertz CT molecular complexity index is 791. The molecule has 0 fully saturated rings. The highest BCUT2D eigenvalue weighted by Crippen LogP contribution is 2.19. The SMILES string of the molecule is COc1ccc(Nc2cc(NCc3ccc(F)cc3)ncn2)cc1. The Morgan fingerprint density at radius 1 is 0.958 bits per heavy atom. The fourth-order valence-corrected chi connectivity index (χ4v) is 2.14. The molecule has 6 heteroatoms. The molecule has 0 saturated heterocycles. The molecule has 0 saturated carbocycles. The van der Waals surface area contributed by atoms with Crippen LogP contribution >= 0.6 is 0 Å². The van der Waals surface area contributed by atoms with Gasteiger partial charge in [0.25, 0.3) is 0 Å². The van der Waals surface area contributed by atoms with E-state index in [1.165, 1.54) is 18.5 Å². The van der Waals surface area contributed by atoms with Crippen molar-refractivity contribution in [1.29, 1.82) is 0 Å². The molecule has 0 aliphatic rings. The number of nitrogens with zero attached hydrogens (tertiary/aromatic N) is 2. The van der Waals surface area contributed by atoms with Crippen LogP contribution in [-0.4, -0.2) is 17.1 Å². The molecule has 1 heterocycles. The Morgan fingerprint density at radius 3 is 2.38 bits per heavy atom. The molecule has 0 spiro atoms. The van der Waals surface area contributed by atoms with Crippen LogP contribution in [0.2, 0.25) is 0 Å². The summed E-state index contributed by atoms with van der Waals surface area (Å²) in [6.45, 7) is 0.555. The Hall–Kier alpha value is -3.15. The molecule has 0 radical (unpaired) electrons. The molecular weight excluding hydrogens is 307 g/mol. The highest BCUT2D eigenvalue weighted by atomic mass is 19.1. The summed E-state index contributed by atoms with van der Waals surface area (Å²) in [5.74, 6) is 1.92. The van der Waals surface area contributed by atoms with Gasteiger partial charge in [-0.1, -0.05) is 12.1 Å². The fourth-order valence-electron chi connectivity index (χ4n) is 2.14. The predicted octanol–water partition coefficient (Wildman–Crippen LogP) is 3.98. The monoisotopic (exact) mass is 324 g/mol. The summed E-state index contributed by atoms with van der Waals surface area (Å²) in [6.07, 6.45) is 1.48. The van der Waals surface area contributed by atoms with Crippen molar-refractivity contribution in [3.05, 3.63) is 72.3 Å². The van der Waals surface area contributed by atoms with E-state index in [1.54, 1.807) is 19.2 Å². The zero-order valence-corrected chi connectivity index (χ0v) is 13.2. The molecule has 3 rings (SSSR count). The number of aromatic nitrogens is 2. The topological polar surface area (TPSA) is 59.1 Å². The molecule has 2 aromatic carbocycles. The first-order chi connectivity index (χ1) is 11.7. The average molecular weight is 324 g/mol. The first-order valence-electron chi connectivity index (χ1n) is 7.44. The summed E-state index contributed by atoms with van der Waals surface area (Å²) >= 11 is 0. The van der Waals surface area contributed by atoms with E-state index in [2.05, 4.69) is 20.6 Å². The van der Waals surface area contributed by atoms with Crippen LogP contribution in [0.25, 0.3) is 0 Å². The maximum atomic E-state index is 12.9. The summed E-state index contributed by atoms with van der Waals surface area (Å²) in [5, 5.41) is 6.40. The molecule has 122 valence electrons. The molecule has 0 aliphatic carbocycles. The van der Waals surface area contributed by atoms with Crippen LogP contribution in [0.3, 0.4) is 0 Å². The van der Waals surface area contributed by atoms with Gasteiger partial charge in [-0.2, -0.15) is 0 Å². The van der Waals surface area contributed by atoms with Crippen molar-refractivity contribution in [2.75, 3.05) is 17.7 Å². The average Bonchev–Trinajstić information content (AvgIpc) is 2.62. The van der Waals surface area contributed by atoms with Gasteiger partial charge in [0.2, 0.25) is 0 Å². The van der Waals surface area contributed by atoms with Crippen molar-refractivity contribution < 1.29 is 9.13 Å². The molecule has 24 heavy (non-hydrogen) atoms. The van der Waals surface area contributed by atoms with Crippen LogP contribution < -0.4 is 15.4 Å². The van der Waals surface area contributed by atoms with E-state index in [0.717, 1.165) is 17.0 Å². The molecule has 0 aliphatic heterocycles. The van der Waals surface area contributed by atoms with Crippen LogP contribution in [0.5, 0.6) is 5.75 Å². The van der Waals surface area contributed by atoms with E-state index in [1.807, 2.05) is 30.3 Å². The normalized spacial score (nSPS) is 10.2. The van der Waals surface area contributed by atoms with Gasteiger partial charge in [-0.25, -0.2) is 14.4 Å². The summed E-state index contributed by atoms with van der Waals surface area (Å²) in [5.41, 5.74) is 1.87. The minimum atomic E-state index is -0.244. The number of nitrogens with one attached hydrogen (secondary N) is 2. The van der Waals surface area contributed by atoms with Gasteiger partial charge in [-0.15, -0.1) is 0 Å². The van der Waals surface area contributed by atoms with Gasteiger partial charge in [-0.3, -0.25) is 0 Å². The molecule has 0 unspecified atom stereocenters. The number of hydrogen-bond donors (Lipinski definition) is 2. The second-order valence-electron chi connectivity index (χ2n) is 5.12. The lowest BCUT2D eigenvalue weighted by Crippen LogP contribution is -2.03. The fraction of sp³-hybridized carbons (Fsp3) is 0.111. The Labute approximate surface area is 139 Å². The van der Waals surface area contributed by atoms with Crippen LogP contribution in [0.1, 0.15) is 5.56 Å². The third kappa shape index (κ3) is 4.19. The Morgan fingerprint density at radius 2 is 1.67 bits per heavy atom. The van der Waals surface area contributed by atoms with E-state index in [4.69, 9.17) is 4.74 Å². The largest absolute Gasteiger partial charge is 0.497 e. The Balaban J connectivity index is 1.63. The first kappa shape index (κ1) is 15.7. The number of halogens is 1. The van der Waals surface area contributed by atoms with E-state index in [9.17, 15) is 4.39 Å². The minimum absolute atomic E-state index is 0.244. The maximum Gasteiger partial charge on any atom is 0.135 e. The molecule has 2 N–H and O–H groups in total. The molecule has 5 nitrogen and oxygen atoms in total. The van der Waals surface area contributed by atoms with Crippen LogP contribution in [0.15, 0.2) is 60.9 Å². The van der Waals surface area contributed by atoms with Crippen molar-refractivity contribution in [2.45, 2.75) is 6.54 Å². The standard InChI is InChI=1S/C18H17FN4O/c1-24-16-8-6-15(7-9-16)23-18-10-17(21-12-22-18)20-11-13-2-4-14(19)5-3-13/h2-10,12H,11H2,1H3,(H2,20,21,22,23).